The van der Waals surface area contributed by atoms with E-state index in [1.807, 2.05) is 38.1 Å². The lowest BCUT2D eigenvalue weighted by Crippen LogP contribution is -2.50. The van der Waals surface area contributed by atoms with Crippen LogP contribution >= 0.6 is 0 Å². The van der Waals surface area contributed by atoms with Crippen molar-refractivity contribution >= 4 is 11.6 Å². The molecule has 1 aromatic heterocycles. The summed E-state index contributed by atoms with van der Waals surface area (Å²) in [6, 6.07) is 9.40. The molecule has 2 heterocycles. The summed E-state index contributed by atoms with van der Waals surface area (Å²) < 4.78 is 6.80. The highest BCUT2D eigenvalue weighted by atomic mass is 16.5. The molecule has 3 rings (SSSR count). The zero-order valence-corrected chi connectivity index (χ0v) is 16.1. The SMILES string of the molecule is COc1ccccc1N1CCN(C(=O)Cn2cnc(C(C)C)cc2=O)CC1. The predicted octanol–water partition coefficient (Wildman–Crippen LogP) is 1.72. The van der Waals surface area contributed by atoms with Crippen LogP contribution in [0, 0.1) is 0 Å². The summed E-state index contributed by atoms with van der Waals surface area (Å²) in [7, 11) is 1.66. The van der Waals surface area contributed by atoms with E-state index in [1.165, 1.54) is 17.0 Å². The third kappa shape index (κ3) is 4.30. The number of methoxy groups -OCH3 is 1. The number of hydrogen-bond donors (Lipinski definition) is 0. The van der Waals surface area contributed by atoms with Crippen LogP contribution in [0.4, 0.5) is 5.69 Å². The van der Waals surface area contributed by atoms with E-state index in [9.17, 15) is 9.59 Å². The van der Waals surface area contributed by atoms with Crippen molar-refractivity contribution in [3.8, 4) is 5.75 Å². The Morgan fingerprint density at radius 1 is 1.19 bits per heavy atom. The van der Waals surface area contributed by atoms with Crippen molar-refractivity contribution in [2.45, 2.75) is 26.3 Å². The highest BCUT2D eigenvalue weighted by Gasteiger charge is 2.23. The lowest BCUT2D eigenvalue weighted by atomic mass is 10.1. The molecule has 7 heteroatoms. The smallest absolute Gasteiger partial charge is 0.254 e. The zero-order chi connectivity index (χ0) is 19.4. The van der Waals surface area contributed by atoms with E-state index in [0.29, 0.717) is 13.1 Å². The minimum atomic E-state index is -0.185. The summed E-state index contributed by atoms with van der Waals surface area (Å²) in [4.78, 5) is 33.1. The van der Waals surface area contributed by atoms with Gasteiger partial charge in [-0.3, -0.25) is 14.2 Å². The van der Waals surface area contributed by atoms with Gasteiger partial charge in [-0.25, -0.2) is 4.98 Å². The summed E-state index contributed by atoms with van der Waals surface area (Å²) in [5.41, 5.74) is 1.60. The monoisotopic (exact) mass is 370 g/mol. The summed E-state index contributed by atoms with van der Waals surface area (Å²) in [5.74, 6) is 0.960. The van der Waals surface area contributed by atoms with Gasteiger partial charge in [0.1, 0.15) is 12.3 Å². The Hall–Kier alpha value is -2.83. The Balaban J connectivity index is 1.61. The topological polar surface area (TPSA) is 67.7 Å². The van der Waals surface area contributed by atoms with Crippen LogP contribution in [-0.2, 0) is 11.3 Å². The van der Waals surface area contributed by atoms with Crippen molar-refractivity contribution in [1.29, 1.82) is 0 Å². The number of para-hydroxylation sites is 2. The lowest BCUT2D eigenvalue weighted by Gasteiger charge is -2.36. The highest BCUT2D eigenvalue weighted by molar-refractivity contribution is 5.76. The molecule has 0 atom stereocenters. The maximum Gasteiger partial charge on any atom is 0.254 e. The number of carbonyl (C=O) groups excluding carboxylic acids is 1. The van der Waals surface area contributed by atoms with Gasteiger partial charge in [0.2, 0.25) is 5.91 Å². The molecule has 0 saturated carbocycles. The van der Waals surface area contributed by atoms with Crippen molar-refractivity contribution in [3.63, 3.8) is 0 Å². The number of benzene rings is 1. The Morgan fingerprint density at radius 3 is 2.52 bits per heavy atom. The van der Waals surface area contributed by atoms with Crippen LogP contribution in [0.1, 0.15) is 25.5 Å². The van der Waals surface area contributed by atoms with Gasteiger partial charge in [-0.1, -0.05) is 26.0 Å². The van der Waals surface area contributed by atoms with E-state index in [0.717, 1.165) is 30.2 Å². The zero-order valence-electron chi connectivity index (χ0n) is 16.1. The number of carbonyl (C=O) groups is 1. The molecule has 1 saturated heterocycles. The molecule has 0 radical (unpaired) electrons. The van der Waals surface area contributed by atoms with Crippen LogP contribution in [0.2, 0.25) is 0 Å². The Kier molecular flexibility index (Phi) is 5.78. The fraction of sp³-hybridized carbons (Fsp3) is 0.450. The molecule has 1 aliphatic rings. The Bertz CT molecular complexity index is 854. The second-order valence-corrected chi connectivity index (χ2v) is 6.97. The average molecular weight is 370 g/mol. The van der Waals surface area contributed by atoms with Gasteiger partial charge in [0, 0.05) is 32.2 Å². The average Bonchev–Trinajstić information content (AvgIpc) is 2.69. The number of anilines is 1. The van der Waals surface area contributed by atoms with Crippen LogP contribution < -0.4 is 15.2 Å². The highest BCUT2D eigenvalue weighted by Crippen LogP contribution is 2.28. The number of rotatable bonds is 5. The first-order chi connectivity index (χ1) is 13.0. The molecule has 0 unspecified atom stereocenters. The van der Waals surface area contributed by atoms with Gasteiger partial charge in [-0.15, -0.1) is 0 Å². The molecule has 144 valence electrons. The Labute approximate surface area is 159 Å². The van der Waals surface area contributed by atoms with Crippen molar-refractivity contribution in [2.75, 3.05) is 38.2 Å². The molecule has 0 bridgehead atoms. The molecule has 27 heavy (non-hydrogen) atoms. The van der Waals surface area contributed by atoms with Gasteiger partial charge in [-0.05, 0) is 18.1 Å². The third-order valence-electron chi connectivity index (χ3n) is 4.86. The number of aromatic nitrogens is 2. The maximum absolute atomic E-state index is 12.6. The molecule has 7 nitrogen and oxygen atoms in total. The van der Waals surface area contributed by atoms with E-state index in [1.54, 1.807) is 12.0 Å². The molecular formula is C20H26N4O3. The lowest BCUT2D eigenvalue weighted by molar-refractivity contribution is -0.132. The summed E-state index contributed by atoms with van der Waals surface area (Å²) in [5, 5.41) is 0. The van der Waals surface area contributed by atoms with Crippen molar-refractivity contribution < 1.29 is 9.53 Å². The standard InChI is InChI=1S/C20H26N4O3/c1-15(2)16-12-19(25)24(14-21-16)13-20(26)23-10-8-22(9-11-23)17-6-4-5-7-18(17)27-3/h4-7,12,14-15H,8-11,13H2,1-3H3. The molecule has 2 aromatic rings. The summed E-state index contributed by atoms with van der Waals surface area (Å²) in [6.07, 6.45) is 1.47. The molecule has 0 N–H and O–H groups in total. The fourth-order valence-electron chi connectivity index (χ4n) is 3.21. The number of hydrogen-bond acceptors (Lipinski definition) is 5. The van der Waals surface area contributed by atoms with Gasteiger partial charge in [0.15, 0.2) is 0 Å². The number of piperazine rings is 1. The number of ether oxygens (including phenoxy) is 1. The van der Waals surface area contributed by atoms with Gasteiger partial charge in [0.25, 0.3) is 5.56 Å². The van der Waals surface area contributed by atoms with E-state index in [-0.39, 0.29) is 23.9 Å². The van der Waals surface area contributed by atoms with Crippen molar-refractivity contribution in [1.82, 2.24) is 14.5 Å². The van der Waals surface area contributed by atoms with Crippen LogP contribution in [0.25, 0.3) is 0 Å². The maximum atomic E-state index is 12.6. The van der Waals surface area contributed by atoms with Gasteiger partial charge in [-0.2, -0.15) is 0 Å². The number of amides is 1. The first kappa shape index (κ1) is 18.9. The minimum absolute atomic E-state index is 0.0267. The van der Waals surface area contributed by atoms with E-state index < -0.39 is 0 Å². The van der Waals surface area contributed by atoms with Gasteiger partial charge >= 0.3 is 0 Å². The third-order valence-corrected chi connectivity index (χ3v) is 4.86. The van der Waals surface area contributed by atoms with E-state index in [2.05, 4.69) is 9.88 Å². The number of nitrogens with zero attached hydrogens (tertiary/aromatic N) is 4. The largest absolute Gasteiger partial charge is 0.495 e. The molecular weight excluding hydrogens is 344 g/mol. The van der Waals surface area contributed by atoms with Crippen LogP contribution in [0.15, 0.2) is 41.5 Å². The first-order valence-electron chi connectivity index (χ1n) is 9.21. The van der Waals surface area contributed by atoms with Crippen molar-refractivity contribution in [3.05, 3.63) is 52.7 Å². The second-order valence-electron chi connectivity index (χ2n) is 6.97. The van der Waals surface area contributed by atoms with E-state index in [4.69, 9.17) is 4.74 Å². The normalized spacial score (nSPS) is 14.5. The summed E-state index contributed by atoms with van der Waals surface area (Å²) in [6.45, 7) is 6.68. The fourth-order valence-corrected chi connectivity index (χ4v) is 3.21. The van der Waals surface area contributed by atoms with E-state index >= 15 is 0 Å². The van der Waals surface area contributed by atoms with Crippen molar-refractivity contribution in [2.24, 2.45) is 0 Å². The summed E-state index contributed by atoms with van der Waals surface area (Å²) >= 11 is 0. The molecule has 0 spiro atoms. The molecule has 1 fully saturated rings. The predicted molar refractivity (Wildman–Crippen MR) is 104 cm³/mol. The van der Waals surface area contributed by atoms with Crippen LogP contribution in [-0.4, -0.2) is 53.6 Å². The van der Waals surface area contributed by atoms with Gasteiger partial charge < -0.3 is 14.5 Å². The van der Waals surface area contributed by atoms with Crippen LogP contribution in [0.5, 0.6) is 5.75 Å². The molecule has 0 aliphatic carbocycles. The minimum Gasteiger partial charge on any atom is -0.495 e. The Morgan fingerprint density at radius 2 is 1.89 bits per heavy atom. The quantitative estimate of drug-likeness (QED) is 0.802. The second kappa shape index (κ2) is 8.24. The van der Waals surface area contributed by atoms with Crippen LogP contribution in [0.3, 0.4) is 0 Å². The molecule has 1 aliphatic heterocycles. The first-order valence-corrected chi connectivity index (χ1v) is 9.21. The van der Waals surface area contributed by atoms with Gasteiger partial charge in [0.05, 0.1) is 24.8 Å². The molecule has 1 aromatic carbocycles. The molecule has 1 amide bonds.